The Morgan fingerprint density at radius 2 is 1.85 bits per heavy atom. The van der Waals surface area contributed by atoms with Crippen molar-refractivity contribution in [1.29, 1.82) is 0 Å². The fraction of sp³-hybridized carbons (Fsp3) is 0.500. The molecule has 1 fully saturated rings. The van der Waals surface area contributed by atoms with Gasteiger partial charge in [-0.15, -0.1) is 0 Å². The fourth-order valence-electron chi connectivity index (χ4n) is 3.14. The van der Waals surface area contributed by atoms with Crippen molar-refractivity contribution in [3.8, 4) is 5.75 Å². The molecule has 2 aromatic rings. The number of likely N-dealkylation sites (N-methyl/N-ethyl adjacent to an activating group) is 1. The number of ether oxygens (including phenoxy) is 2. The molecule has 0 aromatic heterocycles. The standard InChI is InChI=1S/C22H29NO4/c1-5-26-21(25)22(10-11-22)14-27-19-9-8-16-12-18(7-6-17(16)13-19)20(24)15(2)23(3)4/h6-9,12-13,15,20,24H,5,10-11,14H2,1-4H3. The molecule has 0 heterocycles. The van der Waals surface area contributed by atoms with E-state index in [1.165, 1.54) is 0 Å². The van der Waals surface area contributed by atoms with Crippen molar-refractivity contribution in [1.82, 2.24) is 4.90 Å². The van der Waals surface area contributed by atoms with Gasteiger partial charge in [-0.25, -0.2) is 0 Å². The van der Waals surface area contributed by atoms with Gasteiger partial charge in [0.25, 0.3) is 0 Å². The van der Waals surface area contributed by atoms with Crippen LogP contribution in [0.5, 0.6) is 5.75 Å². The Bertz CT molecular complexity index is 813. The minimum Gasteiger partial charge on any atom is -0.492 e. The lowest BCUT2D eigenvalue weighted by atomic mass is 9.99. The van der Waals surface area contributed by atoms with Gasteiger partial charge in [0.1, 0.15) is 17.8 Å². The maximum absolute atomic E-state index is 12.0. The third-order valence-corrected chi connectivity index (χ3v) is 5.53. The molecule has 0 spiro atoms. The summed E-state index contributed by atoms with van der Waals surface area (Å²) < 4.78 is 11.1. The van der Waals surface area contributed by atoms with Gasteiger partial charge in [-0.1, -0.05) is 18.2 Å². The molecule has 2 atom stereocenters. The van der Waals surface area contributed by atoms with E-state index in [9.17, 15) is 9.90 Å². The quantitative estimate of drug-likeness (QED) is 0.719. The summed E-state index contributed by atoms with van der Waals surface area (Å²) in [6.45, 7) is 4.58. The number of fused-ring (bicyclic) bond motifs is 1. The first-order valence-corrected chi connectivity index (χ1v) is 9.54. The first-order valence-electron chi connectivity index (χ1n) is 9.54. The van der Waals surface area contributed by atoms with Crippen LogP contribution in [0, 0.1) is 5.41 Å². The molecule has 5 heteroatoms. The third kappa shape index (κ3) is 4.25. The molecule has 3 rings (SSSR count). The predicted molar refractivity (Wildman–Crippen MR) is 106 cm³/mol. The molecule has 1 N–H and O–H groups in total. The smallest absolute Gasteiger partial charge is 0.315 e. The van der Waals surface area contributed by atoms with Crippen molar-refractivity contribution in [3.05, 3.63) is 42.0 Å². The number of benzene rings is 2. The number of esters is 1. The molecule has 0 radical (unpaired) electrons. The molecule has 1 saturated carbocycles. The fourth-order valence-corrected chi connectivity index (χ4v) is 3.14. The third-order valence-electron chi connectivity index (χ3n) is 5.53. The average molecular weight is 371 g/mol. The Hall–Kier alpha value is -2.11. The summed E-state index contributed by atoms with van der Waals surface area (Å²) in [5.74, 6) is 0.590. The van der Waals surface area contributed by atoms with Crippen molar-refractivity contribution in [2.24, 2.45) is 5.41 Å². The molecular formula is C22H29NO4. The topological polar surface area (TPSA) is 59.0 Å². The van der Waals surface area contributed by atoms with E-state index in [1.807, 2.05) is 69.2 Å². The van der Waals surface area contributed by atoms with Crippen molar-refractivity contribution in [3.63, 3.8) is 0 Å². The van der Waals surface area contributed by atoms with E-state index in [1.54, 1.807) is 0 Å². The maximum Gasteiger partial charge on any atom is 0.315 e. The number of aliphatic hydroxyl groups excluding tert-OH is 1. The molecule has 2 aromatic carbocycles. The van der Waals surface area contributed by atoms with E-state index in [-0.39, 0.29) is 12.0 Å². The largest absolute Gasteiger partial charge is 0.492 e. The van der Waals surface area contributed by atoms with Gasteiger partial charge in [-0.05, 0) is 75.3 Å². The first-order chi connectivity index (χ1) is 12.9. The van der Waals surface area contributed by atoms with E-state index in [4.69, 9.17) is 9.47 Å². The number of carbonyl (C=O) groups is 1. The predicted octanol–water partition coefficient (Wildman–Crippen LogP) is 3.55. The molecule has 1 aliphatic rings. The second-order valence-electron chi connectivity index (χ2n) is 7.71. The van der Waals surface area contributed by atoms with Crippen molar-refractivity contribution < 1.29 is 19.4 Å². The highest BCUT2D eigenvalue weighted by molar-refractivity contribution is 5.84. The highest BCUT2D eigenvalue weighted by atomic mass is 16.5. The number of rotatable bonds is 8. The van der Waals surface area contributed by atoms with Crippen LogP contribution in [0.1, 0.15) is 38.4 Å². The van der Waals surface area contributed by atoms with Crippen molar-refractivity contribution in [2.45, 2.75) is 38.8 Å². The highest BCUT2D eigenvalue weighted by Crippen LogP contribution is 2.47. The van der Waals surface area contributed by atoms with Crippen LogP contribution in [0.4, 0.5) is 0 Å². The minimum atomic E-state index is -0.542. The van der Waals surface area contributed by atoms with E-state index in [0.717, 1.165) is 34.9 Å². The Morgan fingerprint density at radius 1 is 1.19 bits per heavy atom. The van der Waals surface area contributed by atoms with E-state index in [2.05, 4.69) is 0 Å². The molecule has 0 aliphatic heterocycles. The molecule has 0 amide bonds. The lowest BCUT2D eigenvalue weighted by molar-refractivity contribution is -0.150. The average Bonchev–Trinajstić information content (AvgIpc) is 3.46. The summed E-state index contributed by atoms with van der Waals surface area (Å²) in [6, 6.07) is 11.9. The van der Waals surface area contributed by atoms with Crippen LogP contribution in [0.15, 0.2) is 36.4 Å². The van der Waals surface area contributed by atoms with E-state index < -0.39 is 11.5 Å². The number of carbonyl (C=O) groups excluding carboxylic acids is 1. The summed E-state index contributed by atoms with van der Waals surface area (Å²) in [4.78, 5) is 14.0. The van der Waals surface area contributed by atoms with Gasteiger partial charge in [0.15, 0.2) is 0 Å². The number of hydrogen-bond donors (Lipinski definition) is 1. The van der Waals surface area contributed by atoms with Gasteiger partial charge in [-0.2, -0.15) is 0 Å². The van der Waals surface area contributed by atoms with E-state index in [0.29, 0.717) is 13.2 Å². The summed E-state index contributed by atoms with van der Waals surface area (Å²) in [7, 11) is 3.92. The lowest BCUT2D eigenvalue weighted by Crippen LogP contribution is -2.30. The van der Waals surface area contributed by atoms with Crippen LogP contribution >= 0.6 is 0 Å². The highest BCUT2D eigenvalue weighted by Gasteiger charge is 2.52. The minimum absolute atomic E-state index is 0.0302. The van der Waals surface area contributed by atoms with Gasteiger partial charge in [-0.3, -0.25) is 4.79 Å². The second kappa shape index (κ2) is 7.87. The maximum atomic E-state index is 12.0. The molecule has 146 valence electrons. The summed E-state index contributed by atoms with van der Waals surface area (Å²) in [6.07, 6.45) is 1.11. The van der Waals surface area contributed by atoms with Crippen molar-refractivity contribution in [2.75, 3.05) is 27.3 Å². The van der Waals surface area contributed by atoms with Gasteiger partial charge >= 0.3 is 5.97 Å². The SMILES string of the molecule is CCOC(=O)C1(COc2ccc3cc(C(O)C(C)N(C)C)ccc3c2)CC1. The normalized spacial score (nSPS) is 17.6. The number of nitrogens with zero attached hydrogens (tertiary/aromatic N) is 1. The van der Waals surface area contributed by atoms with Crippen LogP contribution in [-0.2, 0) is 9.53 Å². The molecule has 0 saturated heterocycles. The monoisotopic (exact) mass is 371 g/mol. The van der Waals surface area contributed by atoms with Gasteiger partial charge in [0.05, 0.1) is 12.7 Å². The lowest BCUT2D eigenvalue weighted by Gasteiger charge is -2.25. The molecule has 27 heavy (non-hydrogen) atoms. The van der Waals surface area contributed by atoms with Crippen LogP contribution in [-0.4, -0.2) is 49.3 Å². The zero-order valence-electron chi connectivity index (χ0n) is 16.6. The van der Waals surface area contributed by atoms with Crippen LogP contribution in [0.2, 0.25) is 0 Å². The van der Waals surface area contributed by atoms with Gasteiger partial charge in [0.2, 0.25) is 0 Å². The van der Waals surface area contributed by atoms with Gasteiger partial charge in [0, 0.05) is 6.04 Å². The number of hydrogen-bond acceptors (Lipinski definition) is 5. The Balaban J connectivity index is 1.71. The Labute approximate surface area is 160 Å². The van der Waals surface area contributed by atoms with Crippen LogP contribution in [0.25, 0.3) is 10.8 Å². The molecule has 1 aliphatic carbocycles. The molecule has 2 unspecified atom stereocenters. The van der Waals surface area contributed by atoms with Crippen molar-refractivity contribution >= 4 is 16.7 Å². The summed E-state index contributed by atoms with van der Waals surface area (Å²) in [5, 5.41) is 12.6. The Morgan fingerprint density at radius 3 is 2.48 bits per heavy atom. The first kappa shape index (κ1) is 19.6. The zero-order valence-corrected chi connectivity index (χ0v) is 16.6. The summed E-state index contributed by atoms with van der Waals surface area (Å²) >= 11 is 0. The Kier molecular flexibility index (Phi) is 5.72. The van der Waals surface area contributed by atoms with Gasteiger partial charge < -0.3 is 19.5 Å². The molecule has 0 bridgehead atoms. The molecular weight excluding hydrogens is 342 g/mol. The zero-order chi connectivity index (χ0) is 19.6. The summed E-state index contributed by atoms with van der Waals surface area (Å²) in [5.41, 5.74) is 0.443. The molecule has 5 nitrogen and oxygen atoms in total. The van der Waals surface area contributed by atoms with Crippen LogP contribution < -0.4 is 4.74 Å². The van der Waals surface area contributed by atoms with Crippen LogP contribution in [0.3, 0.4) is 0 Å². The number of aliphatic hydroxyl groups is 1. The second-order valence-corrected chi connectivity index (χ2v) is 7.71. The van der Waals surface area contributed by atoms with E-state index >= 15 is 0 Å².